The van der Waals surface area contributed by atoms with Gasteiger partial charge in [0.15, 0.2) is 17.3 Å². The molecule has 1 heterocycles. The van der Waals surface area contributed by atoms with Gasteiger partial charge < -0.3 is 14.5 Å². The number of nitrogens with one attached hydrogen (secondary N) is 1. The standard InChI is InChI=1S/C19H15F2NO3/c20-14-7-5-13(6-8-14)16-9-10-18(25-16)19(23)22-11-12-24-17-4-2-1-3-15(17)21/h1-10H,11-12H2,(H,22,23). The van der Waals surface area contributed by atoms with E-state index in [9.17, 15) is 13.6 Å². The van der Waals surface area contributed by atoms with E-state index in [0.29, 0.717) is 11.3 Å². The molecule has 0 aliphatic carbocycles. The number of hydrogen-bond acceptors (Lipinski definition) is 3. The minimum Gasteiger partial charge on any atom is -0.489 e. The molecular formula is C19H15F2NO3. The van der Waals surface area contributed by atoms with Crippen molar-refractivity contribution in [2.45, 2.75) is 0 Å². The van der Waals surface area contributed by atoms with Crippen molar-refractivity contribution >= 4 is 5.91 Å². The molecule has 0 saturated carbocycles. The van der Waals surface area contributed by atoms with E-state index in [4.69, 9.17) is 9.15 Å². The zero-order valence-electron chi connectivity index (χ0n) is 13.2. The van der Waals surface area contributed by atoms with Gasteiger partial charge in [0.25, 0.3) is 5.91 Å². The van der Waals surface area contributed by atoms with Gasteiger partial charge in [0.1, 0.15) is 18.2 Å². The molecule has 6 heteroatoms. The Morgan fingerprint density at radius 2 is 1.76 bits per heavy atom. The van der Waals surface area contributed by atoms with E-state index < -0.39 is 11.7 Å². The van der Waals surface area contributed by atoms with E-state index in [1.165, 1.54) is 30.3 Å². The zero-order valence-corrected chi connectivity index (χ0v) is 13.2. The van der Waals surface area contributed by atoms with Gasteiger partial charge in [0.2, 0.25) is 0 Å². The topological polar surface area (TPSA) is 51.5 Å². The Hall–Kier alpha value is -3.15. The third kappa shape index (κ3) is 4.23. The van der Waals surface area contributed by atoms with Crippen LogP contribution in [0.4, 0.5) is 8.78 Å². The van der Waals surface area contributed by atoms with Crippen LogP contribution in [0.2, 0.25) is 0 Å². The van der Waals surface area contributed by atoms with Gasteiger partial charge in [-0.1, -0.05) is 12.1 Å². The minimum atomic E-state index is -0.455. The maximum absolute atomic E-state index is 13.4. The monoisotopic (exact) mass is 343 g/mol. The maximum Gasteiger partial charge on any atom is 0.287 e. The lowest BCUT2D eigenvalue weighted by Crippen LogP contribution is -2.27. The molecule has 3 aromatic rings. The number of furan rings is 1. The Labute approximate surface area is 143 Å². The summed E-state index contributed by atoms with van der Waals surface area (Å²) in [5.74, 6) is -0.483. The van der Waals surface area contributed by atoms with E-state index in [1.54, 1.807) is 30.3 Å². The lowest BCUT2D eigenvalue weighted by molar-refractivity contribution is 0.0920. The minimum absolute atomic E-state index is 0.123. The first kappa shape index (κ1) is 16.7. The fraction of sp³-hybridized carbons (Fsp3) is 0.105. The second-order valence-corrected chi connectivity index (χ2v) is 5.21. The Morgan fingerprint density at radius 3 is 2.52 bits per heavy atom. The number of hydrogen-bond donors (Lipinski definition) is 1. The fourth-order valence-electron chi connectivity index (χ4n) is 2.20. The molecule has 0 bridgehead atoms. The predicted molar refractivity (Wildman–Crippen MR) is 88.3 cm³/mol. The maximum atomic E-state index is 13.4. The van der Waals surface area contributed by atoms with Crippen molar-refractivity contribution in [3.05, 3.63) is 78.1 Å². The van der Waals surface area contributed by atoms with Crippen LogP contribution in [0.1, 0.15) is 10.6 Å². The van der Waals surface area contributed by atoms with Gasteiger partial charge in [-0.3, -0.25) is 4.79 Å². The lowest BCUT2D eigenvalue weighted by atomic mass is 10.2. The van der Waals surface area contributed by atoms with Crippen molar-refractivity contribution in [3.8, 4) is 17.1 Å². The predicted octanol–water partition coefficient (Wildman–Crippen LogP) is 4.03. The van der Waals surface area contributed by atoms with Crippen LogP contribution in [0.5, 0.6) is 5.75 Å². The van der Waals surface area contributed by atoms with Crippen LogP contribution in [0, 0.1) is 11.6 Å². The Morgan fingerprint density at radius 1 is 1.00 bits per heavy atom. The molecule has 0 atom stereocenters. The Balaban J connectivity index is 1.52. The number of carbonyl (C=O) groups is 1. The van der Waals surface area contributed by atoms with Crippen LogP contribution in [-0.2, 0) is 0 Å². The highest BCUT2D eigenvalue weighted by atomic mass is 19.1. The second-order valence-electron chi connectivity index (χ2n) is 5.21. The van der Waals surface area contributed by atoms with Crippen LogP contribution >= 0.6 is 0 Å². The van der Waals surface area contributed by atoms with Gasteiger partial charge in [-0.2, -0.15) is 0 Å². The number of rotatable bonds is 6. The molecule has 0 unspecified atom stereocenters. The van der Waals surface area contributed by atoms with Crippen molar-refractivity contribution in [3.63, 3.8) is 0 Å². The lowest BCUT2D eigenvalue weighted by Gasteiger charge is -2.07. The molecule has 2 aromatic carbocycles. The largest absolute Gasteiger partial charge is 0.489 e. The zero-order chi connectivity index (χ0) is 17.6. The molecule has 1 aromatic heterocycles. The molecule has 128 valence electrons. The van der Waals surface area contributed by atoms with Crippen molar-refractivity contribution in [2.24, 2.45) is 0 Å². The first-order chi connectivity index (χ1) is 12.1. The molecule has 1 N–H and O–H groups in total. The summed E-state index contributed by atoms with van der Waals surface area (Å²) in [6.07, 6.45) is 0. The molecule has 0 saturated heterocycles. The number of carbonyl (C=O) groups excluding carboxylic acids is 1. The summed E-state index contributed by atoms with van der Waals surface area (Å²) in [6.45, 7) is 0.317. The Kier molecular flexibility index (Phi) is 5.09. The second kappa shape index (κ2) is 7.61. The van der Waals surface area contributed by atoms with Crippen LogP contribution in [0.3, 0.4) is 0 Å². The summed E-state index contributed by atoms with van der Waals surface area (Å²) in [5.41, 5.74) is 0.670. The summed E-state index contributed by atoms with van der Waals surface area (Å²) < 4.78 is 37.0. The van der Waals surface area contributed by atoms with Crippen molar-refractivity contribution in [1.82, 2.24) is 5.32 Å². The molecule has 0 spiro atoms. The van der Waals surface area contributed by atoms with Crippen molar-refractivity contribution < 1.29 is 22.7 Å². The van der Waals surface area contributed by atoms with E-state index in [-0.39, 0.29) is 30.5 Å². The van der Waals surface area contributed by atoms with Crippen LogP contribution in [0.15, 0.2) is 65.1 Å². The van der Waals surface area contributed by atoms with E-state index in [2.05, 4.69) is 5.32 Å². The average Bonchev–Trinajstić information content (AvgIpc) is 3.11. The third-order valence-corrected chi connectivity index (χ3v) is 3.44. The summed E-state index contributed by atoms with van der Waals surface area (Å²) >= 11 is 0. The summed E-state index contributed by atoms with van der Waals surface area (Å²) in [7, 11) is 0. The highest BCUT2D eigenvalue weighted by molar-refractivity contribution is 5.92. The molecule has 0 aliphatic rings. The number of amides is 1. The number of ether oxygens (including phenoxy) is 1. The fourth-order valence-corrected chi connectivity index (χ4v) is 2.20. The molecule has 3 rings (SSSR count). The van der Waals surface area contributed by atoms with Gasteiger partial charge in [-0.25, -0.2) is 8.78 Å². The summed E-state index contributed by atoms with van der Waals surface area (Å²) in [4.78, 5) is 12.0. The van der Waals surface area contributed by atoms with Gasteiger partial charge >= 0.3 is 0 Å². The molecule has 0 radical (unpaired) electrons. The molecule has 0 fully saturated rings. The normalized spacial score (nSPS) is 10.5. The number of para-hydroxylation sites is 1. The van der Waals surface area contributed by atoms with Gasteiger partial charge in [0.05, 0.1) is 6.54 Å². The van der Waals surface area contributed by atoms with E-state index in [0.717, 1.165) is 0 Å². The van der Waals surface area contributed by atoms with Crippen molar-refractivity contribution in [2.75, 3.05) is 13.2 Å². The SMILES string of the molecule is O=C(NCCOc1ccccc1F)c1ccc(-c2ccc(F)cc2)o1. The number of benzene rings is 2. The summed E-state index contributed by atoms with van der Waals surface area (Å²) in [5, 5.41) is 2.62. The first-order valence-electron chi connectivity index (χ1n) is 7.65. The van der Waals surface area contributed by atoms with Crippen molar-refractivity contribution in [1.29, 1.82) is 0 Å². The molecule has 1 amide bonds. The van der Waals surface area contributed by atoms with Crippen LogP contribution in [-0.4, -0.2) is 19.1 Å². The Bertz CT molecular complexity index is 859. The van der Waals surface area contributed by atoms with E-state index >= 15 is 0 Å². The molecule has 25 heavy (non-hydrogen) atoms. The summed E-state index contributed by atoms with van der Waals surface area (Å²) in [6, 6.07) is 15.0. The molecule has 4 nitrogen and oxygen atoms in total. The van der Waals surface area contributed by atoms with Gasteiger partial charge in [-0.15, -0.1) is 0 Å². The van der Waals surface area contributed by atoms with Gasteiger partial charge in [-0.05, 0) is 48.5 Å². The first-order valence-corrected chi connectivity index (χ1v) is 7.65. The average molecular weight is 343 g/mol. The van der Waals surface area contributed by atoms with E-state index in [1.807, 2.05) is 0 Å². The smallest absolute Gasteiger partial charge is 0.287 e. The third-order valence-electron chi connectivity index (χ3n) is 3.44. The quantitative estimate of drug-likeness (QED) is 0.688. The highest BCUT2D eigenvalue weighted by Gasteiger charge is 2.12. The molecule has 0 aliphatic heterocycles. The highest BCUT2D eigenvalue weighted by Crippen LogP contribution is 2.22. The van der Waals surface area contributed by atoms with Crippen LogP contribution in [0.25, 0.3) is 11.3 Å². The van der Waals surface area contributed by atoms with Gasteiger partial charge in [0, 0.05) is 5.56 Å². The van der Waals surface area contributed by atoms with Crippen LogP contribution < -0.4 is 10.1 Å². The number of halogens is 2. The molecular weight excluding hydrogens is 328 g/mol.